The number of benzene rings is 1. The molecule has 0 spiro atoms. The summed E-state index contributed by atoms with van der Waals surface area (Å²) in [5.74, 6) is 0.995. The third kappa shape index (κ3) is 3.33. The fourth-order valence-corrected chi connectivity index (χ4v) is 2.34. The number of amides is 1. The van der Waals surface area contributed by atoms with Crippen LogP contribution in [0.2, 0.25) is 0 Å². The number of nitrogens with one attached hydrogen (secondary N) is 1. The third-order valence-corrected chi connectivity index (χ3v) is 3.69. The average molecular weight is 289 g/mol. The first-order chi connectivity index (χ1) is 10.2. The molecule has 6 heteroatoms. The monoisotopic (exact) mass is 289 g/mol. The van der Waals surface area contributed by atoms with Crippen molar-refractivity contribution in [1.82, 2.24) is 10.3 Å². The van der Waals surface area contributed by atoms with Gasteiger partial charge >= 0.3 is 0 Å². The summed E-state index contributed by atoms with van der Waals surface area (Å²) in [5, 5.41) is 4.20. The summed E-state index contributed by atoms with van der Waals surface area (Å²) in [6, 6.07) is 7.33. The van der Waals surface area contributed by atoms with E-state index in [1.807, 2.05) is 18.2 Å². The number of hydrogen-bond donors (Lipinski definition) is 1. The molecule has 1 unspecified atom stereocenters. The van der Waals surface area contributed by atoms with E-state index in [1.54, 1.807) is 6.07 Å². The van der Waals surface area contributed by atoms with Gasteiger partial charge in [-0.2, -0.15) is 5.10 Å². The van der Waals surface area contributed by atoms with Crippen LogP contribution in [0.25, 0.3) is 0 Å². The fraction of sp³-hybridized carbons (Fsp3) is 0.467. The first-order valence-corrected chi connectivity index (χ1v) is 7.15. The quantitative estimate of drug-likeness (QED) is 0.826. The average Bonchev–Trinajstić information content (AvgIpc) is 2.53. The maximum Gasteiger partial charge on any atom is 0.284 e. The topological polar surface area (TPSA) is 63.2 Å². The van der Waals surface area contributed by atoms with E-state index in [1.165, 1.54) is 0 Å². The van der Waals surface area contributed by atoms with Crippen LogP contribution >= 0.6 is 0 Å². The molecule has 1 atom stereocenters. The highest BCUT2D eigenvalue weighted by Gasteiger charge is 2.27. The molecule has 1 saturated heterocycles. The van der Waals surface area contributed by atoms with Gasteiger partial charge in [0.25, 0.3) is 5.91 Å². The summed E-state index contributed by atoms with van der Waals surface area (Å²) in [6.07, 6.45) is 1.12. The zero-order valence-corrected chi connectivity index (χ0v) is 12.0. The minimum Gasteiger partial charge on any atom is -0.485 e. The molecule has 1 N–H and O–H groups in total. The van der Waals surface area contributed by atoms with Gasteiger partial charge in [-0.15, -0.1) is 0 Å². The number of carbonyl (C=O) groups excluding carboxylic acids is 1. The van der Waals surface area contributed by atoms with E-state index in [0.717, 1.165) is 31.6 Å². The van der Waals surface area contributed by atoms with Crippen LogP contribution in [0.4, 0.5) is 0 Å². The second-order valence-electron chi connectivity index (χ2n) is 5.32. The number of hydrazone groups is 1. The van der Waals surface area contributed by atoms with E-state index in [4.69, 9.17) is 9.47 Å². The number of carbonyl (C=O) groups is 1. The highest BCUT2D eigenvalue weighted by molar-refractivity contribution is 5.88. The molecular formula is C15H19N3O3. The molecule has 1 aromatic carbocycles. The van der Waals surface area contributed by atoms with Crippen molar-refractivity contribution in [1.29, 1.82) is 0 Å². The summed E-state index contributed by atoms with van der Waals surface area (Å²) in [6.45, 7) is 2.16. The van der Waals surface area contributed by atoms with E-state index in [9.17, 15) is 4.79 Å². The molecule has 0 aromatic heterocycles. The van der Waals surface area contributed by atoms with Gasteiger partial charge in [0.15, 0.2) is 11.5 Å². The predicted molar refractivity (Wildman–Crippen MR) is 78.7 cm³/mol. The van der Waals surface area contributed by atoms with Crippen LogP contribution in [0.3, 0.4) is 0 Å². The summed E-state index contributed by atoms with van der Waals surface area (Å²) < 4.78 is 11.2. The van der Waals surface area contributed by atoms with Crippen LogP contribution in [0.15, 0.2) is 29.4 Å². The normalized spacial score (nSPS) is 21.8. The van der Waals surface area contributed by atoms with Crippen molar-refractivity contribution in [2.24, 2.45) is 5.10 Å². The Morgan fingerprint density at radius 1 is 1.29 bits per heavy atom. The summed E-state index contributed by atoms with van der Waals surface area (Å²) in [7, 11) is 2.08. The van der Waals surface area contributed by atoms with Gasteiger partial charge in [0.2, 0.25) is 6.10 Å². The molecule has 21 heavy (non-hydrogen) atoms. The third-order valence-electron chi connectivity index (χ3n) is 3.69. The van der Waals surface area contributed by atoms with E-state index in [-0.39, 0.29) is 12.5 Å². The molecular weight excluding hydrogens is 270 g/mol. The first kappa shape index (κ1) is 13.9. The fourth-order valence-electron chi connectivity index (χ4n) is 2.34. The van der Waals surface area contributed by atoms with Gasteiger partial charge in [0.05, 0.1) is 0 Å². The number of ether oxygens (including phenoxy) is 2. The van der Waals surface area contributed by atoms with E-state index in [2.05, 4.69) is 22.5 Å². The molecule has 1 fully saturated rings. The minimum atomic E-state index is -0.657. The Morgan fingerprint density at radius 3 is 2.76 bits per heavy atom. The lowest BCUT2D eigenvalue weighted by Crippen LogP contribution is -2.43. The maximum atomic E-state index is 12.1. The van der Waals surface area contributed by atoms with Crippen molar-refractivity contribution >= 4 is 11.6 Å². The SMILES string of the molecule is CN1CCC(=NNC(=O)C2COc3ccccc3O2)CC1. The zero-order valence-electron chi connectivity index (χ0n) is 12.0. The number of piperidine rings is 1. The van der Waals surface area contributed by atoms with Crippen LogP contribution in [-0.2, 0) is 4.79 Å². The molecule has 2 aliphatic heterocycles. The van der Waals surface area contributed by atoms with E-state index >= 15 is 0 Å². The van der Waals surface area contributed by atoms with Gasteiger partial charge in [0.1, 0.15) is 6.61 Å². The first-order valence-electron chi connectivity index (χ1n) is 7.15. The van der Waals surface area contributed by atoms with E-state index < -0.39 is 6.10 Å². The van der Waals surface area contributed by atoms with Crippen LogP contribution < -0.4 is 14.9 Å². The molecule has 0 radical (unpaired) electrons. The number of likely N-dealkylation sites (tertiary alicyclic amines) is 1. The lowest BCUT2D eigenvalue weighted by Gasteiger charge is -2.25. The number of fused-ring (bicyclic) bond motifs is 1. The Bertz CT molecular complexity index is 549. The molecule has 2 heterocycles. The Labute approximate surface area is 123 Å². The lowest BCUT2D eigenvalue weighted by molar-refractivity contribution is -0.130. The molecule has 6 nitrogen and oxygen atoms in total. The minimum absolute atomic E-state index is 0.205. The molecule has 1 amide bonds. The molecule has 0 aliphatic carbocycles. The van der Waals surface area contributed by atoms with Crippen molar-refractivity contribution in [3.05, 3.63) is 24.3 Å². The van der Waals surface area contributed by atoms with Gasteiger partial charge in [0, 0.05) is 31.6 Å². The summed E-state index contributed by atoms with van der Waals surface area (Å²) in [5.41, 5.74) is 3.62. The van der Waals surface area contributed by atoms with Crippen molar-refractivity contribution in [2.45, 2.75) is 18.9 Å². The van der Waals surface area contributed by atoms with Crippen molar-refractivity contribution in [3.63, 3.8) is 0 Å². The van der Waals surface area contributed by atoms with E-state index in [0.29, 0.717) is 11.5 Å². The molecule has 2 aliphatic rings. The van der Waals surface area contributed by atoms with Gasteiger partial charge in [-0.25, -0.2) is 5.43 Å². The van der Waals surface area contributed by atoms with Gasteiger partial charge in [-0.1, -0.05) is 12.1 Å². The number of hydrogen-bond acceptors (Lipinski definition) is 5. The van der Waals surface area contributed by atoms with Crippen molar-refractivity contribution in [2.75, 3.05) is 26.7 Å². The lowest BCUT2D eigenvalue weighted by atomic mass is 10.1. The number of para-hydroxylation sites is 2. The van der Waals surface area contributed by atoms with Crippen LogP contribution in [0, 0.1) is 0 Å². The number of rotatable bonds is 2. The van der Waals surface area contributed by atoms with Crippen molar-refractivity contribution in [3.8, 4) is 11.5 Å². The Kier molecular flexibility index (Phi) is 4.06. The standard InChI is InChI=1S/C15H19N3O3/c1-18-8-6-11(7-9-18)16-17-15(19)14-10-20-12-4-2-3-5-13(12)21-14/h2-5,14H,6-10H2,1H3,(H,17,19). The highest BCUT2D eigenvalue weighted by Crippen LogP contribution is 2.30. The second kappa shape index (κ2) is 6.13. The van der Waals surface area contributed by atoms with Crippen LogP contribution in [0.1, 0.15) is 12.8 Å². The Hall–Kier alpha value is -2.08. The molecule has 0 saturated carbocycles. The summed E-state index contributed by atoms with van der Waals surface area (Å²) in [4.78, 5) is 14.3. The second-order valence-corrected chi connectivity index (χ2v) is 5.32. The molecule has 1 aromatic rings. The smallest absolute Gasteiger partial charge is 0.284 e. The Morgan fingerprint density at radius 2 is 2.00 bits per heavy atom. The van der Waals surface area contributed by atoms with Gasteiger partial charge < -0.3 is 14.4 Å². The van der Waals surface area contributed by atoms with Crippen molar-refractivity contribution < 1.29 is 14.3 Å². The van der Waals surface area contributed by atoms with Gasteiger partial charge in [-0.05, 0) is 19.2 Å². The molecule has 112 valence electrons. The molecule has 3 rings (SSSR count). The summed E-state index contributed by atoms with van der Waals surface area (Å²) >= 11 is 0. The van der Waals surface area contributed by atoms with Crippen LogP contribution in [0.5, 0.6) is 11.5 Å². The maximum absolute atomic E-state index is 12.1. The Balaban J connectivity index is 1.56. The zero-order chi connectivity index (χ0) is 14.7. The molecule has 0 bridgehead atoms. The predicted octanol–water partition coefficient (Wildman–Crippen LogP) is 1.02. The largest absolute Gasteiger partial charge is 0.485 e. The van der Waals surface area contributed by atoms with Crippen LogP contribution in [-0.4, -0.2) is 49.4 Å². The van der Waals surface area contributed by atoms with Gasteiger partial charge in [-0.3, -0.25) is 4.79 Å². The number of nitrogens with zero attached hydrogens (tertiary/aromatic N) is 2. The highest BCUT2D eigenvalue weighted by atomic mass is 16.6.